The predicted molar refractivity (Wildman–Crippen MR) is 69.5 cm³/mol. The van der Waals surface area contributed by atoms with E-state index < -0.39 is 0 Å². The summed E-state index contributed by atoms with van der Waals surface area (Å²) < 4.78 is 5.34. The number of ether oxygens (including phenoxy) is 1. The summed E-state index contributed by atoms with van der Waals surface area (Å²) >= 11 is 3.50. The quantitative estimate of drug-likeness (QED) is 0.795. The second kappa shape index (κ2) is 5.53. The van der Waals surface area contributed by atoms with E-state index in [0.717, 1.165) is 35.9 Å². The predicted octanol–water partition coefficient (Wildman–Crippen LogP) is 2.70. The van der Waals surface area contributed by atoms with Crippen molar-refractivity contribution in [2.75, 3.05) is 30.4 Å². The molecule has 4 heteroatoms. The van der Waals surface area contributed by atoms with Crippen LogP contribution >= 0.6 is 15.9 Å². The molecule has 0 saturated carbocycles. The number of anilines is 1. The van der Waals surface area contributed by atoms with Gasteiger partial charge in [-0.15, -0.1) is 0 Å². The van der Waals surface area contributed by atoms with Gasteiger partial charge in [0.1, 0.15) is 0 Å². The maximum absolute atomic E-state index is 5.34. The van der Waals surface area contributed by atoms with Crippen molar-refractivity contribution in [2.24, 2.45) is 5.92 Å². The van der Waals surface area contributed by atoms with Crippen LogP contribution in [0.15, 0.2) is 18.3 Å². The molecular weight excluding hydrogens is 268 g/mol. The summed E-state index contributed by atoms with van der Waals surface area (Å²) in [5.74, 6) is 2.65. The van der Waals surface area contributed by atoms with E-state index in [2.05, 4.69) is 25.8 Å². The zero-order valence-corrected chi connectivity index (χ0v) is 11.1. The van der Waals surface area contributed by atoms with Crippen LogP contribution in [-0.2, 0) is 0 Å². The van der Waals surface area contributed by atoms with Crippen molar-refractivity contribution >= 4 is 21.7 Å². The van der Waals surface area contributed by atoms with E-state index in [4.69, 9.17) is 4.74 Å². The highest BCUT2D eigenvalue weighted by molar-refractivity contribution is 9.09. The van der Waals surface area contributed by atoms with Gasteiger partial charge < -0.3 is 9.64 Å². The van der Waals surface area contributed by atoms with Crippen LogP contribution in [0, 0.1) is 5.92 Å². The minimum atomic E-state index is 0.783. The van der Waals surface area contributed by atoms with Crippen molar-refractivity contribution in [3.05, 3.63) is 18.3 Å². The summed E-state index contributed by atoms with van der Waals surface area (Å²) in [5.41, 5.74) is 0. The molecule has 1 aromatic rings. The fourth-order valence-electron chi connectivity index (χ4n) is 2.19. The molecule has 3 nitrogen and oxygen atoms in total. The van der Waals surface area contributed by atoms with E-state index in [0.29, 0.717) is 0 Å². The summed E-state index contributed by atoms with van der Waals surface area (Å²) in [5, 5.41) is 1.09. The Morgan fingerprint density at radius 2 is 2.50 bits per heavy atom. The molecule has 0 spiro atoms. The lowest BCUT2D eigenvalue weighted by Crippen LogP contribution is -2.21. The molecule has 1 fully saturated rings. The van der Waals surface area contributed by atoms with Gasteiger partial charge >= 0.3 is 0 Å². The molecule has 2 rings (SSSR count). The van der Waals surface area contributed by atoms with Gasteiger partial charge in [0.15, 0.2) is 11.6 Å². The highest BCUT2D eigenvalue weighted by atomic mass is 79.9. The minimum absolute atomic E-state index is 0.783. The second-order valence-corrected chi connectivity index (χ2v) is 4.90. The van der Waals surface area contributed by atoms with Crippen LogP contribution in [0.5, 0.6) is 5.75 Å². The number of hydrogen-bond acceptors (Lipinski definition) is 3. The molecule has 0 radical (unpaired) electrons. The molecule has 88 valence electrons. The Hall–Kier alpha value is -0.770. The first-order valence-corrected chi connectivity index (χ1v) is 6.77. The molecule has 1 unspecified atom stereocenters. The van der Waals surface area contributed by atoms with Gasteiger partial charge in [0, 0.05) is 24.6 Å². The monoisotopic (exact) mass is 284 g/mol. The fourth-order valence-corrected chi connectivity index (χ4v) is 2.84. The largest absolute Gasteiger partial charge is 0.493 e. The van der Waals surface area contributed by atoms with Crippen LogP contribution in [0.25, 0.3) is 0 Å². The highest BCUT2D eigenvalue weighted by Gasteiger charge is 2.24. The molecule has 1 saturated heterocycles. The molecule has 1 aromatic heterocycles. The number of alkyl halides is 1. The molecule has 1 aliphatic heterocycles. The number of rotatable bonds is 4. The van der Waals surface area contributed by atoms with E-state index in [1.165, 1.54) is 12.8 Å². The van der Waals surface area contributed by atoms with Gasteiger partial charge in [-0.25, -0.2) is 4.98 Å². The number of hydrogen-bond donors (Lipinski definition) is 0. The lowest BCUT2D eigenvalue weighted by molar-refractivity contribution is 0.413. The molecule has 2 heterocycles. The van der Waals surface area contributed by atoms with Crippen LogP contribution in [0.2, 0.25) is 0 Å². The standard InChI is InChI=1S/C12H17BrN2O/c1-16-11-3-2-7-14-12(11)15-8-5-10(9-15)4-6-13/h2-3,7,10H,4-6,8-9H2,1H3. The topological polar surface area (TPSA) is 25.4 Å². The molecule has 1 atom stereocenters. The maximum Gasteiger partial charge on any atom is 0.171 e. The summed E-state index contributed by atoms with van der Waals surface area (Å²) in [6.45, 7) is 2.18. The molecular formula is C12H17BrN2O. The summed E-state index contributed by atoms with van der Waals surface area (Å²) in [4.78, 5) is 6.74. The number of pyridine rings is 1. The van der Waals surface area contributed by atoms with Crippen LogP contribution < -0.4 is 9.64 Å². The SMILES string of the molecule is COc1cccnc1N1CCC(CCBr)C1. The molecule has 0 amide bonds. The average molecular weight is 285 g/mol. The summed E-state index contributed by atoms with van der Waals surface area (Å²) in [6, 6.07) is 3.88. The van der Waals surface area contributed by atoms with Crippen LogP contribution in [0.1, 0.15) is 12.8 Å². The van der Waals surface area contributed by atoms with Crippen LogP contribution in [0.4, 0.5) is 5.82 Å². The second-order valence-electron chi connectivity index (χ2n) is 4.11. The number of methoxy groups -OCH3 is 1. The third-order valence-corrected chi connectivity index (χ3v) is 3.53. The summed E-state index contributed by atoms with van der Waals surface area (Å²) in [7, 11) is 1.70. The van der Waals surface area contributed by atoms with Crippen molar-refractivity contribution in [1.82, 2.24) is 4.98 Å². The van der Waals surface area contributed by atoms with E-state index in [-0.39, 0.29) is 0 Å². The molecule has 1 aliphatic rings. The van der Waals surface area contributed by atoms with E-state index in [1.807, 2.05) is 18.3 Å². The molecule has 0 aliphatic carbocycles. The zero-order chi connectivity index (χ0) is 11.4. The van der Waals surface area contributed by atoms with E-state index in [1.54, 1.807) is 7.11 Å². The van der Waals surface area contributed by atoms with E-state index in [9.17, 15) is 0 Å². The smallest absolute Gasteiger partial charge is 0.171 e. The lowest BCUT2D eigenvalue weighted by Gasteiger charge is -2.19. The van der Waals surface area contributed by atoms with E-state index >= 15 is 0 Å². The Morgan fingerprint density at radius 1 is 1.62 bits per heavy atom. The molecule has 0 aromatic carbocycles. The fraction of sp³-hybridized carbons (Fsp3) is 0.583. The van der Waals surface area contributed by atoms with Crippen molar-refractivity contribution in [1.29, 1.82) is 0 Å². The first kappa shape index (κ1) is 11.7. The Balaban J connectivity index is 2.08. The number of halogens is 1. The summed E-state index contributed by atoms with van der Waals surface area (Å²) in [6.07, 6.45) is 4.33. The van der Waals surface area contributed by atoms with Gasteiger partial charge in [0.25, 0.3) is 0 Å². The van der Waals surface area contributed by atoms with Gasteiger partial charge in [-0.1, -0.05) is 15.9 Å². The van der Waals surface area contributed by atoms with Gasteiger partial charge in [0.2, 0.25) is 0 Å². The highest BCUT2D eigenvalue weighted by Crippen LogP contribution is 2.30. The first-order chi connectivity index (χ1) is 7.85. The third-order valence-electron chi connectivity index (χ3n) is 3.07. The lowest BCUT2D eigenvalue weighted by atomic mass is 10.1. The van der Waals surface area contributed by atoms with Crippen molar-refractivity contribution in [2.45, 2.75) is 12.8 Å². The first-order valence-electron chi connectivity index (χ1n) is 5.65. The number of aromatic nitrogens is 1. The normalized spacial score (nSPS) is 20.1. The molecule has 16 heavy (non-hydrogen) atoms. The minimum Gasteiger partial charge on any atom is -0.493 e. The van der Waals surface area contributed by atoms with Crippen molar-refractivity contribution in [3.8, 4) is 5.75 Å². The number of nitrogens with zero attached hydrogens (tertiary/aromatic N) is 2. The molecule has 0 bridgehead atoms. The van der Waals surface area contributed by atoms with Gasteiger partial charge in [-0.05, 0) is 30.9 Å². The van der Waals surface area contributed by atoms with Crippen LogP contribution in [-0.4, -0.2) is 30.5 Å². The van der Waals surface area contributed by atoms with Gasteiger partial charge in [-0.2, -0.15) is 0 Å². The van der Waals surface area contributed by atoms with Crippen LogP contribution in [0.3, 0.4) is 0 Å². The van der Waals surface area contributed by atoms with Crippen molar-refractivity contribution < 1.29 is 4.74 Å². The zero-order valence-electron chi connectivity index (χ0n) is 9.53. The van der Waals surface area contributed by atoms with Crippen molar-refractivity contribution in [3.63, 3.8) is 0 Å². The maximum atomic E-state index is 5.34. The average Bonchev–Trinajstić information content (AvgIpc) is 2.78. The Morgan fingerprint density at radius 3 is 3.25 bits per heavy atom. The van der Waals surface area contributed by atoms with Gasteiger partial charge in [-0.3, -0.25) is 0 Å². The Kier molecular flexibility index (Phi) is 4.04. The molecule has 0 N–H and O–H groups in total. The third kappa shape index (κ3) is 2.48. The Labute approximate surface area is 105 Å². The van der Waals surface area contributed by atoms with Gasteiger partial charge in [0.05, 0.1) is 7.11 Å². The Bertz CT molecular complexity index is 346.